The van der Waals surface area contributed by atoms with Gasteiger partial charge in [-0.3, -0.25) is 10.0 Å². The molecule has 2 heterocycles. The highest BCUT2D eigenvalue weighted by atomic mass is 16.5. The topological polar surface area (TPSA) is 68.7 Å². The van der Waals surface area contributed by atoms with E-state index in [1.54, 1.807) is 17.6 Å². The zero-order valence-electron chi connectivity index (χ0n) is 16.4. The van der Waals surface area contributed by atoms with Crippen LogP contribution < -0.4 is 10.4 Å². The molecule has 6 heteroatoms. The van der Waals surface area contributed by atoms with Crippen LogP contribution in [0.2, 0.25) is 0 Å². The van der Waals surface area contributed by atoms with Gasteiger partial charge in [-0.25, -0.2) is 10.5 Å². The minimum atomic E-state index is -0.537. The van der Waals surface area contributed by atoms with Crippen LogP contribution in [0.3, 0.4) is 0 Å². The van der Waals surface area contributed by atoms with Gasteiger partial charge < -0.3 is 9.80 Å². The van der Waals surface area contributed by atoms with Crippen molar-refractivity contribution in [3.05, 3.63) is 72.3 Å². The number of anilines is 1. The first-order valence-electron chi connectivity index (χ1n) is 9.70. The van der Waals surface area contributed by atoms with E-state index in [1.165, 1.54) is 0 Å². The number of hydroxylamine groups is 1. The van der Waals surface area contributed by atoms with Gasteiger partial charge in [0, 0.05) is 37.3 Å². The summed E-state index contributed by atoms with van der Waals surface area (Å²) in [6.07, 6.45) is 0. The van der Waals surface area contributed by atoms with Crippen molar-refractivity contribution in [3.8, 4) is 22.4 Å². The summed E-state index contributed by atoms with van der Waals surface area (Å²) < 4.78 is 0. The summed E-state index contributed by atoms with van der Waals surface area (Å²) in [5.41, 5.74) is 6.03. The molecule has 148 valence electrons. The number of pyridine rings is 1. The van der Waals surface area contributed by atoms with E-state index in [-0.39, 0.29) is 0 Å². The molecule has 1 aromatic heterocycles. The lowest BCUT2D eigenvalue weighted by Crippen LogP contribution is -2.45. The van der Waals surface area contributed by atoms with Crippen LogP contribution in [0.4, 0.5) is 5.82 Å². The monoisotopic (exact) mass is 388 g/mol. The average molecular weight is 388 g/mol. The lowest BCUT2D eigenvalue weighted by atomic mass is 10.0. The van der Waals surface area contributed by atoms with E-state index < -0.39 is 5.91 Å². The van der Waals surface area contributed by atoms with E-state index in [9.17, 15) is 4.79 Å². The SMILES string of the molecule is CN1CCN(c2cc(C(=O)NO)cc(-c3ccc(-c4ccccc4)cc3)n2)CC1. The van der Waals surface area contributed by atoms with Crippen LogP contribution in [0.1, 0.15) is 10.4 Å². The molecule has 4 rings (SSSR count). The Balaban J connectivity index is 1.68. The summed E-state index contributed by atoms with van der Waals surface area (Å²) >= 11 is 0. The fourth-order valence-electron chi connectivity index (χ4n) is 3.52. The minimum Gasteiger partial charge on any atom is -0.354 e. The number of benzene rings is 2. The van der Waals surface area contributed by atoms with E-state index in [4.69, 9.17) is 10.2 Å². The second-order valence-corrected chi connectivity index (χ2v) is 7.27. The number of hydrogen-bond acceptors (Lipinski definition) is 5. The maximum atomic E-state index is 12.1. The molecule has 1 aliphatic rings. The molecule has 0 unspecified atom stereocenters. The molecule has 0 bridgehead atoms. The Hall–Kier alpha value is -3.22. The molecule has 29 heavy (non-hydrogen) atoms. The van der Waals surface area contributed by atoms with Gasteiger partial charge in [0.1, 0.15) is 5.82 Å². The van der Waals surface area contributed by atoms with Gasteiger partial charge in [-0.05, 0) is 30.3 Å². The zero-order valence-corrected chi connectivity index (χ0v) is 16.4. The van der Waals surface area contributed by atoms with Crippen molar-refractivity contribution in [2.45, 2.75) is 0 Å². The largest absolute Gasteiger partial charge is 0.354 e. The fourth-order valence-corrected chi connectivity index (χ4v) is 3.52. The van der Waals surface area contributed by atoms with Crippen LogP contribution in [-0.4, -0.2) is 54.2 Å². The zero-order chi connectivity index (χ0) is 20.2. The standard InChI is InChI=1S/C23H24N4O2/c1-26-11-13-27(14-12-26)22-16-20(23(28)25-29)15-21(24-22)19-9-7-18(8-10-19)17-5-3-2-4-6-17/h2-10,15-16,29H,11-14H2,1H3,(H,25,28). The van der Waals surface area contributed by atoms with Gasteiger partial charge in [0.15, 0.2) is 0 Å². The third-order valence-electron chi connectivity index (χ3n) is 5.29. The first-order chi connectivity index (χ1) is 14.1. The molecule has 0 atom stereocenters. The Morgan fingerprint density at radius 2 is 1.52 bits per heavy atom. The number of rotatable bonds is 4. The van der Waals surface area contributed by atoms with E-state index in [1.807, 2.05) is 30.3 Å². The number of hydrogen-bond donors (Lipinski definition) is 2. The normalized spacial score (nSPS) is 14.6. The molecule has 1 fully saturated rings. The summed E-state index contributed by atoms with van der Waals surface area (Å²) in [5, 5.41) is 9.11. The van der Waals surface area contributed by atoms with Crippen molar-refractivity contribution < 1.29 is 10.0 Å². The number of likely N-dealkylation sites (N-methyl/N-ethyl adjacent to an activating group) is 1. The predicted octanol–water partition coefficient (Wildman–Crippen LogP) is 3.29. The van der Waals surface area contributed by atoms with Crippen LogP contribution in [0.15, 0.2) is 66.7 Å². The lowest BCUT2D eigenvalue weighted by Gasteiger charge is -2.33. The molecule has 0 saturated carbocycles. The second kappa shape index (κ2) is 8.43. The fraction of sp³-hybridized carbons (Fsp3) is 0.217. The number of aromatic nitrogens is 1. The quantitative estimate of drug-likeness (QED) is 0.530. The number of nitrogens with one attached hydrogen (secondary N) is 1. The Labute approximate surface area is 170 Å². The van der Waals surface area contributed by atoms with Gasteiger partial charge >= 0.3 is 0 Å². The maximum Gasteiger partial charge on any atom is 0.274 e. The van der Waals surface area contributed by atoms with Crippen LogP contribution in [-0.2, 0) is 0 Å². The van der Waals surface area contributed by atoms with Crippen molar-refractivity contribution in [2.75, 3.05) is 38.1 Å². The van der Waals surface area contributed by atoms with E-state index >= 15 is 0 Å². The van der Waals surface area contributed by atoms with Gasteiger partial charge in [0.25, 0.3) is 5.91 Å². The molecule has 2 aromatic carbocycles. The number of carbonyl (C=O) groups is 1. The van der Waals surface area contributed by atoms with Crippen LogP contribution in [0, 0.1) is 0 Å². The summed E-state index contributed by atoms with van der Waals surface area (Å²) in [4.78, 5) is 21.4. The molecule has 1 saturated heterocycles. The summed E-state index contributed by atoms with van der Waals surface area (Å²) in [6, 6.07) is 21.8. The van der Waals surface area contributed by atoms with Crippen LogP contribution >= 0.6 is 0 Å². The minimum absolute atomic E-state index is 0.388. The maximum absolute atomic E-state index is 12.1. The van der Waals surface area contributed by atoms with Crippen molar-refractivity contribution in [1.29, 1.82) is 0 Å². The molecule has 0 spiro atoms. The highest BCUT2D eigenvalue weighted by molar-refractivity contribution is 5.95. The van der Waals surface area contributed by atoms with E-state index in [0.717, 1.165) is 48.7 Å². The van der Waals surface area contributed by atoms with Crippen molar-refractivity contribution in [3.63, 3.8) is 0 Å². The molecule has 2 N–H and O–H groups in total. The number of carbonyl (C=O) groups excluding carboxylic acids is 1. The molecular formula is C23H24N4O2. The Morgan fingerprint density at radius 1 is 0.897 bits per heavy atom. The molecule has 0 radical (unpaired) electrons. The van der Waals surface area contributed by atoms with Gasteiger partial charge in [-0.15, -0.1) is 0 Å². The summed E-state index contributed by atoms with van der Waals surface area (Å²) in [7, 11) is 2.10. The molecule has 6 nitrogen and oxygen atoms in total. The van der Waals surface area contributed by atoms with Crippen LogP contribution in [0.5, 0.6) is 0 Å². The van der Waals surface area contributed by atoms with E-state index in [0.29, 0.717) is 11.3 Å². The van der Waals surface area contributed by atoms with Gasteiger partial charge in [0.2, 0.25) is 0 Å². The highest BCUT2D eigenvalue weighted by Gasteiger charge is 2.18. The highest BCUT2D eigenvalue weighted by Crippen LogP contribution is 2.27. The number of amides is 1. The van der Waals surface area contributed by atoms with Gasteiger partial charge in [0.05, 0.1) is 5.69 Å². The van der Waals surface area contributed by atoms with Crippen molar-refractivity contribution >= 4 is 11.7 Å². The smallest absolute Gasteiger partial charge is 0.274 e. The summed E-state index contributed by atoms with van der Waals surface area (Å²) in [6.45, 7) is 3.58. The first kappa shape index (κ1) is 19.1. The van der Waals surface area contributed by atoms with E-state index in [2.05, 4.69) is 41.1 Å². The van der Waals surface area contributed by atoms with Crippen molar-refractivity contribution in [1.82, 2.24) is 15.4 Å². The van der Waals surface area contributed by atoms with Gasteiger partial charge in [-0.2, -0.15) is 0 Å². The second-order valence-electron chi connectivity index (χ2n) is 7.27. The Bertz CT molecular complexity index is 982. The Morgan fingerprint density at radius 3 is 2.17 bits per heavy atom. The Kier molecular flexibility index (Phi) is 5.55. The molecular weight excluding hydrogens is 364 g/mol. The molecule has 0 aliphatic carbocycles. The third kappa shape index (κ3) is 4.29. The predicted molar refractivity (Wildman–Crippen MR) is 114 cm³/mol. The number of piperazine rings is 1. The number of nitrogens with zero attached hydrogens (tertiary/aromatic N) is 3. The summed E-state index contributed by atoms with van der Waals surface area (Å²) in [5.74, 6) is 0.214. The van der Waals surface area contributed by atoms with Crippen molar-refractivity contribution in [2.24, 2.45) is 0 Å². The molecule has 1 amide bonds. The van der Waals surface area contributed by atoms with Gasteiger partial charge in [-0.1, -0.05) is 54.6 Å². The molecule has 3 aromatic rings. The lowest BCUT2D eigenvalue weighted by molar-refractivity contribution is 0.0706. The molecule has 1 aliphatic heterocycles. The average Bonchev–Trinajstić information content (AvgIpc) is 2.79. The third-order valence-corrected chi connectivity index (χ3v) is 5.29. The van der Waals surface area contributed by atoms with Crippen LogP contribution in [0.25, 0.3) is 22.4 Å². The first-order valence-corrected chi connectivity index (χ1v) is 9.70.